The Balaban J connectivity index is 2.46. The highest BCUT2D eigenvalue weighted by Gasteiger charge is 2.20. The molecule has 1 aromatic carbocycles. The summed E-state index contributed by atoms with van der Waals surface area (Å²) in [5, 5.41) is 0.463. The van der Waals surface area contributed by atoms with Crippen molar-refractivity contribution in [1.29, 1.82) is 0 Å². The second kappa shape index (κ2) is 8.52. The number of methoxy groups -OCH3 is 1. The van der Waals surface area contributed by atoms with Gasteiger partial charge in [-0.25, -0.2) is 0 Å². The van der Waals surface area contributed by atoms with Crippen LogP contribution in [0, 0.1) is 0 Å². The minimum absolute atomic E-state index is 0.167. The molecule has 0 saturated heterocycles. The molecule has 0 heterocycles. The first-order valence-electron chi connectivity index (χ1n) is 6.68. The van der Waals surface area contributed by atoms with E-state index in [0.717, 1.165) is 0 Å². The second-order valence-electron chi connectivity index (χ2n) is 4.63. The molecule has 1 rings (SSSR count). The first-order chi connectivity index (χ1) is 9.95. The first-order valence-corrected chi connectivity index (χ1v) is 7.06. The zero-order chi connectivity index (χ0) is 15.8. The third-order valence-corrected chi connectivity index (χ3v) is 3.28. The number of likely N-dealkylation sites (N-methyl/N-ethyl adjacent to an activating group) is 1. The molecule has 5 nitrogen and oxygen atoms in total. The monoisotopic (exact) mass is 313 g/mol. The third kappa shape index (κ3) is 5.63. The summed E-state index contributed by atoms with van der Waals surface area (Å²) in [4.78, 5) is 24.7. The number of amides is 1. The molecule has 6 heteroatoms. The van der Waals surface area contributed by atoms with Crippen LogP contribution in [0.2, 0.25) is 5.02 Å². The van der Waals surface area contributed by atoms with Gasteiger partial charge in [0.15, 0.2) is 6.10 Å². The molecular weight excluding hydrogens is 294 g/mol. The highest BCUT2D eigenvalue weighted by molar-refractivity contribution is 6.32. The Bertz CT molecular complexity index is 492. The summed E-state index contributed by atoms with van der Waals surface area (Å²) in [5.41, 5.74) is 0. The van der Waals surface area contributed by atoms with Crippen LogP contribution < -0.4 is 4.74 Å². The molecule has 1 amide bonds. The van der Waals surface area contributed by atoms with Crippen molar-refractivity contribution in [3.8, 4) is 5.75 Å². The zero-order valence-electron chi connectivity index (χ0n) is 12.5. The zero-order valence-corrected chi connectivity index (χ0v) is 13.2. The lowest BCUT2D eigenvalue weighted by atomic mass is 10.2. The SMILES string of the molecule is COC(=O)CCCN(C)C(=O)C(C)Oc1ccccc1Cl. The first kappa shape index (κ1) is 17.3. The fourth-order valence-electron chi connectivity index (χ4n) is 1.76. The maximum Gasteiger partial charge on any atom is 0.305 e. The van der Waals surface area contributed by atoms with Gasteiger partial charge in [0.2, 0.25) is 0 Å². The number of carbonyl (C=O) groups excluding carboxylic acids is 2. The average Bonchev–Trinajstić information content (AvgIpc) is 2.48. The Labute approximate surface area is 129 Å². The topological polar surface area (TPSA) is 55.8 Å². The fourth-order valence-corrected chi connectivity index (χ4v) is 1.94. The molecule has 116 valence electrons. The van der Waals surface area contributed by atoms with Crippen molar-refractivity contribution in [3.05, 3.63) is 29.3 Å². The molecule has 1 unspecified atom stereocenters. The molecule has 0 aromatic heterocycles. The molecule has 0 aliphatic carbocycles. The predicted molar refractivity (Wildman–Crippen MR) is 80.4 cm³/mol. The molecule has 21 heavy (non-hydrogen) atoms. The largest absolute Gasteiger partial charge is 0.479 e. The van der Waals surface area contributed by atoms with Crippen LogP contribution in [0.5, 0.6) is 5.75 Å². The van der Waals surface area contributed by atoms with E-state index in [1.165, 1.54) is 12.0 Å². The lowest BCUT2D eigenvalue weighted by molar-refractivity contribution is -0.142. The Kier molecular flexibility index (Phi) is 7.02. The summed E-state index contributed by atoms with van der Waals surface area (Å²) < 4.78 is 10.1. The van der Waals surface area contributed by atoms with Crippen LogP contribution in [0.1, 0.15) is 19.8 Å². The van der Waals surface area contributed by atoms with Crippen LogP contribution in [-0.4, -0.2) is 43.6 Å². The molecule has 0 bridgehead atoms. The van der Waals surface area contributed by atoms with Crippen LogP contribution >= 0.6 is 11.6 Å². The van der Waals surface area contributed by atoms with Gasteiger partial charge in [-0.2, -0.15) is 0 Å². The van der Waals surface area contributed by atoms with Gasteiger partial charge in [-0.3, -0.25) is 9.59 Å². The predicted octanol–water partition coefficient (Wildman–Crippen LogP) is 2.52. The fraction of sp³-hybridized carbons (Fsp3) is 0.467. The van der Waals surface area contributed by atoms with Crippen molar-refractivity contribution in [2.24, 2.45) is 0 Å². The molecule has 0 aliphatic rings. The molecule has 1 atom stereocenters. The van der Waals surface area contributed by atoms with Crippen molar-refractivity contribution < 1.29 is 19.1 Å². The van der Waals surface area contributed by atoms with Crippen molar-refractivity contribution in [2.45, 2.75) is 25.9 Å². The van der Waals surface area contributed by atoms with E-state index in [1.807, 2.05) is 0 Å². The Morgan fingerprint density at radius 1 is 1.33 bits per heavy atom. The highest BCUT2D eigenvalue weighted by Crippen LogP contribution is 2.24. The van der Waals surface area contributed by atoms with Crippen LogP contribution in [-0.2, 0) is 14.3 Å². The van der Waals surface area contributed by atoms with E-state index in [9.17, 15) is 9.59 Å². The van der Waals surface area contributed by atoms with Gasteiger partial charge in [0.1, 0.15) is 5.75 Å². The van der Waals surface area contributed by atoms with Gasteiger partial charge in [-0.1, -0.05) is 23.7 Å². The number of benzene rings is 1. The van der Waals surface area contributed by atoms with Crippen LogP contribution in [0.3, 0.4) is 0 Å². The average molecular weight is 314 g/mol. The quantitative estimate of drug-likeness (QED) is 0.726. The smallest absolute Gasteiger partial charge is 0.305 e. The highest BCUT2D eigenvalue weighted by atomic mass is 35.5. The minimum atomic E-state index is -0.645. The van der Waals surface area contributed by atoms with E-state index >= 15 is 0 Å². The lowest BCUT2D eigenvalue weighted by Crippen LogP contribution is -2.38. The molecule has 0 saturated carbocycles. The van der Waals surface area contributed by atoms with E-state index in [-0.39, 0.29) is 18.3 Å². The standard InChI is InChI=1S/C15H20ClNO4/c1-11(21-13-8-5-4-7-12(13)16)15(19)17(2)10-6-9-14(18)20-3/h4-5,7-8,11H,6,9-10H2,1-3H3. The van der Waals surface area contributed by atoms with Crippen molar-refractivity contribution >= 4 is 23.5 Å². The number of hydrogen-bond donors (Lipinski definition) is 0. The number of ether oxygens (including phenoxy) is 2. The van der Waals surface area contributed by atoms with Gasteiger partial charge in [0, 0.05) is 20.0 Å². The molecule has 0 spiro atoms. The summed E-state index contributed by atoms with van der Waals surface area (Å²) in [6, 6.07) is 7.00. The molecular formula is C15H20ClNO4. The van der Waals surface area contributed by atoms with Gasteiger partial charge in [0.05, 0.1) is 12.1 Å². The van der Waals surface area contributed by atoms with Crippen molar-refractivity contribution in [1.82, 2.24) is 4.90 Å². The van der Waals surface area contributed by atoms with Crippen LogP contribution in [0.25, 0.3) is 0 Å². The molecule has 0 radical (unpaired) electrons. The van der Waals surface area contributed by atoms with Gasteiger partial charge in [-0.15, -0.1) is 0 Å². The number of nitrogens with zero attached hydrogens (tertiary/aromatic N) is 1. The van der Waals surface area contributed by atoms with Gasteiger partial charge in [0.25, 0.3) is 5.91 Å². The molecule has 0 aliphatic heterocycles. The Morgan fingerprint density at radius 2 is 2.00 bits per heavy atom. The minimum Gasteiger partial charge on any atom is -0.479 e. The summed E-state index contributed by atoms with van der Waals surface area (Å²) in [5.74, 6) is 0.0268. The van der Waals surface area contributed by atoms with E-state index in [0.29, 0.717) is 23.7 Å². The summed E-state index contributed by atoms with van der Waals surface area (Å²) in [6.45, 7) is 2.13. The number of carbonyl (C=O) groups is 2. The van der Waals surface area contributed by atoms with Crippen LogP contribution in [0.4, 0.5) is 0 Å². The van der Waals surface area contributed by atoms with E-state index in [2.05, 4.69) is 4.74 Å². The maximum absolute atomic E-state index is 12.1. The third-order valence-electron chi connectivity index (χ3n) is 2.97. The van der Waals surface area contributed by atoms with Crippen molar-refractivity contribution in [3.63, 3.8) is 0 Å². The molecule has 1 aromatic rings. The summed E-state index contributed by atoms with van der Waals surface area (Å²) in [6.07, 6.45) is 0.190. The number of halogens is 1. The van der Waals surface area contributed by atoms with Gasteiger partial charge >= 0.3 is 5.97 Å². The molecule has 0 fully saturated rings. The maximum atomic E-state index is 12.1. The Morgan fingerprint density at radius 3 is 2.62 bits per heavy atom. The van der Waals surface area contributed by atoms with Crippen molar-refractivity contribution in [2.75, 3.05) is 20.7 Å². The number of para-hydroxylation sites is 1. The number of rotatable bonds is 7. The number of esters is 1. The van der Waals surface area contributed by atoms with E-state index < -0.39 is 6.10 Å². The lowest BCUT2D eigenvalue weighted by Gasteiger charge is -2.22. The van der Waals surface area contributed by atoms with Gasteiger partial charge in [-0.05, 0) is 25.5 Å². The Hall–Kier alpha value is -1.75. The summed E-state index contributed by atoms with van der Waals surface area (Å²) in [7, 11) is 3.02. The normalized spacial score (nSPS) is 11.6. The molecule has 0 N–H and O–H groups in total. The van der Waals surface area contributed by atoms with Crippen LogP contribution in [0.15, 0.2) is 24.3 Å². The number of hydrogen-bond acceptors (Lipinski definition) is 4. The van der Waals surface area contributed by atoms with E-state index in [4.69, 9.17) is 16.3 Å². The second-order valence-corrected chi connectivity index (χ2v) is 5.04. The summed E-state index contributed by atoms with van der Waals surface area (Å²) >= 11 is 5.99. The van der Waals surface area contributed by atoms with Gasteiger partial charge < -0.3 is 14.4 Å². The van der Waals surface area contributed by atoms with E-state index in [1.54, 1.807) is 38.2 Å².